The van der Waals surface area contributed by atoms with Gasteiger partial charge < -0.3 is 24.0 Å². The third-order valence-corrected chi connectivity index (χ3v) is 7.23. The zero-order valence-corrected chi connectivity index (χ0v) is 20.4. The molecule has 2 aromatic carbocycles. The van der Waals surface area contributed by atoms with Crippen molar-refractivity contribution in [3.05, 3.63) is 59.3 Å². The van der Waals surface area contributed by atoms with Gasteiger partial charge >= 0.3 is 11.9 Å². The molecule has 1 fully saturated rings. The van der Waals surface area contributed by atoms with Gasteiger partial charge in [0.15, 0.2) is 5.75 Å². The number of aryl methyl sites for hydroxylation is 1. The molecule has 1 aliphatic carbocycles. The van der Waals surface area contributed by atoms with Gasteiger partial charge in [0.25, 0.3) is 0 Å². The zero-order valence-electron chi connectivity index (χ0n) is 20.4. The van der Waals surface area contributed by atoms with Crippen LogP contribution in [0.3, 0.4) is 0 Å². The van der Waals surface area contributed by atoms with Crippen molar-refractivity contribution in [2.45, 2.75) is 19.8 Å². The second-order valence-corrected chi connectivity index (χ2v) is 9.17. The van der Waals surface area contributed by atoms with Crippen LogP contribution in [-0.2, 0) is 16.0 Å². The summed E-state index contributed by atoms with van der Waals surface area (Å²) >= 11 is 0. The van der Waals surface area contributed by atoms with Crippen molar-refractivity contribution in [2.75, 3.05) is 44.7 Å². The van der Waals surface area contributed by atoms with E-state index in [9.17, 15) is 9.59 Å². The lowest BCUT2D eigenvalue weighted by atomic mass is 9.87. The molecule has 0 radical (unpaired) electrons. The molecule has 3 aliphatic rings. The van der Waals surface area contributed by atoms with Gasteiger partial charge in [-0.05, 0) is 48.7 Å². The van der Waals surface area contributed by atoms with E-state index in [0.717, 1.165) is 73.7 Å². The van der Waals surface area contributed by atoms with E-state index in [2.05, 4.69) is 28.9 Å². The molecule has 1 saturated heterocycles. The van der Waals surface area contributed by atoms with E-state index in [-0.39, 0.29) is 5.75 Å². The average Bonchev–Trinajstić information content (AvgIpc) is 3.05. The number of esters is 2. The number of methoxy groups -OCH3 is 1. The molecule has 36 heavy (non-hydrogen) atoms. The molecule has 0 atom stereocenters. The maximum absolute atomic E-state index is 12.6. The van der Waals surface area contributed by atoms with Crippen molar-refractivity contribution in [1.82, 2.24) is 9.88 Å². The summed E-state index contributed by atoms with van der Waals surface area (Å²) in [6.45, 7) is 6.69. The van der Waals surface area contributed by atoms with Gasteiger partial charge in [-0.3, -0.25) is 0 Å². The van der Waals surface area contributed by atoms with Crippen molar-refractivity contribution in [3.63, 3.8) is 0 Å². The van der Waals surface area contributed by atoms with Crippen LogP contribution in [0.4, 0.5) is 5.82 Å². The Morgan fingerprint density at radius 1 is 1.03 bits per heavy atom. The van der Waals surface area contributed by atoms with Crippen LogP contribution in [0.5, 0.6) is 17.2 Å². The highest BCUT2D eigenvalue weighted by molar-refractivity contribution is 6.32. The molecule has 3 heterocycles. The normalized spacial score (nSPS) is 17.7. The number of carbonyl (C=O) groups excluding carboxylic acids is 2. The zero-order chi connectivity index (χ0) is 24.8. The fourth-order valence-corrected chi connectivity index (χ4v) is 5.30. The fourth-order valence-electron chi connectivity index (χ4n) is 5.30. The molecule has 0 unspecified atom stereocenters. The summed E-state index contributed by atoms with van der Waals surface area (Å²) in [5.41, 5.74) is 3.54. The largest absolute Gasteiger partial charge is 0.497 e. The molecule has 0 spiro atoms. The second kappa shape index (κ2) is 8.95. The quantitative estimate of drug-likeness (QED) is 0.315. The Bertz CT molecular complexity index is 1420. The molecule has 184 valence electrons. The van der Waals surface area contributed by atoms with Crippen LogP contribution in [0.1, 0.15) is 30.2 Å². The highest BCUT2D eigenvalue weighted by atomic mass is 16.6. The lowest BCUT2D eigenvalue weighted by Gasteiger charge is -2.35. The van der Waals surface area contributed by atoms with E-state index in [1.54, 1.807) is 13.2 Å². The molecule has 0 amide bonds. The predicted molar refractivity (Wildman–Crippen MR) is 136 cm³/mol. The summed E-state index contributed by atoms with van der Waals surface area (Å²) < 4.78 is 16.7. The van der Waals surface area contributed by atoms with Gasteiger partial charge in [0.05, 0.1) is 12.5 Å². The molecule has 6 rings (SSSR count). The monoisotopic (exact) mass is 485 g/mol. The summed E-state index contributed by atoms with van der Waals surface area (Å²) in [4.78, 5) is 34.8. The fraction of sp³-hybridized carbons (Fsp3) is 0.321. The standard InChI is InChI=1S/C28H27N3O5/c1-3-30-12-14-31(15-13-30)26-20-8-5-9-22-23(20)25(36-28(33)27(32)35-22)24(29-26)19-7-4-6-17-10-11-18(34-2)16-21(17)19/h5,7-11,16H,3-4,6,12-15H2,1-2H3. The highest BCUT2D eigenvalue weighted by Gasteiger charge is 2.33. The lowest BCUT2D eigenvalue weighted by Crippen LogP contribution is -2.46. The summed E-state index contributed by atoms with van der Waals surface area (Å²) in [6.07, 6.45) is 3.84. The molecule has 0 N–H and O–H groups in total. The number of ether oxygens (including phenoxy) is 3. The molecule has 8 nitrogen and oxygen atoms in total. The number of pyridine rings is 1. The van der Waals surface area contributed by atoms with E-state index in [0.29, 0.717) is 16.8 Å². The van der Waals surface area contributed by atoms with Crippen LogP contribution >= 0.6 is 0 Å². The first-order valence-electron chi connectivity index (χ1n) is 12.3. The number of nitrogens with zero attached hydrogens (tertiary/aromatic N) is 3. The topological polar surface area (TPSA) is 81.2 Å². The Hall–Kier alpha value is -3.91. The third-order valence-electron chi connectivity index (χ3n) is 7.23. The van der Waals surface area contributed by atoms with Gasteiger partial charge in [0.2, 0.25) is 0 Å². The predicted octanol–water partition coefficient (Wildman–Crippen LogP) is 3.59. The van der Waals surface area contributed by atoms with Gasteiger partial charge in [-0.1, -0.05) is 31.2 Å². The highest BCUT2D eigenvalue weighted by Crippen LogP contribution is 2.46. The van der Waals surface area contributed by atoms with Crippen molar-refractivity contribution >= 4 is 34.1 Å². The SMILES string of the molecule is CCN1CCN(c2nc(C3=CCCc4ccc(OC)cc43)c3c4c(cccc24)OC(=O)C(=O)O3)CC1. The smallest absolute Gasteiger partial charge is 0.423 e. The number of anilines is 1. The van der Waals surface area contributed by atoms with E-state index in [1.165, 1.54) is 5.56 Å². The van der Waals surface area contributed by atoms with Crippen molar-refractivity contribution in [2.24, 2.45) is 0 Å². The Morgan fingerprint density at radius 3 is 2.61 bits per heavy atom. The molecular weight excluding hydrogens is 458 g/mol. The first-order valence-corrected chi connectivity index (χ1v) is 12.3. The van der Waals surface area contributed by atoms with Crippen molar-refractivity contribution in [3.8, 4) is 17.2 Å². The number of benzene rings is 2. The third kappa shape index (κ3) is 3.69. The molecule has 0 bridgehead atoms. The number of piperazine rings is 1. The molecule has 0 saturated carbocycles. The van der Waals surface area contributed by atoms with Gasteiger partial charge in [0.1, 0.15) is 23.0 Å². The number of allylic oxidation sites excluding steroid dienone is 1. The number of aromatic nitrogens is 1. The van der Waals surface area contributed by atoms with Gasteiger partial charge in [-0.25, -0.2) is 14.6 Å². The molecule has 3 aromatic rings. The Kier molecular flexibility index (Phi) is 5.60. The van der Waals surface area contributed by atoms with Crippen LogP contribution in [0.25, 0.3) is 16.3 Å². The average molecular weight is 486 g/mol. The Morgan fingerprint density at radius 2 is 1.83 bits per heavy atom. The summed E-state index contributed by atoms with van der Waals surface area (Å²) in [7, 11) is 1.64. The Labute approximate surface area is 209 Å². The van der Waals surface area contributed by atoms with E-state index in [1.807, 2.05) is 24.3 Å². The summed E-state index contributed by atoms with van der Waals surface area (Å²) in [5, 5.41) is 1.38. The molecule has 1 aromatic heterocycles. The first kappa shape index (κ1) is 22.5. The maximum Gasteiger partial charge on any atom is 0.423 e. The van der Waals surface area contributed by atoms with Gasteiger partial charge in [-0.15, -0.1) is 0 Å². The number of hydrogen-bond acceptors (Lipinski definition) is 8. The van der Waals surface area contributed by atoms with Gasteiger partial charge in [0, 0.05) is 37.1 Å². The number of likely N-dealkylation sites (N-methyl/N-ethyl adjacent to an activating group) is 1. The maximum atomic E-state index is 12.6. The van der Waals surface area contributed by atoms with Crippen LogP contribution in [0.15, 0.2) is 42.5 Å². The van der Waals surface area contributed by atoms with E-state index in [4.69, 9.17) is 19.2 Å². The minimum absolute atomic E-state index is 0.259. The number of fused-ring (bicyclic) bond motifs is 1. The summed E-state index contributed by atoms with van der Waals surface area (Å²) in [6, 6.07) is 11.5. The number of hydrogen-bond donors (Lipinski definition) is 0. The first-order chi connectivity index (χ1) is 17.6. The minimum Gasteiger partial charge on any atom is -0.497 e. The van der Waals surface area contributed by atoms with Crippen LogP contribution in [-0.4, -0.2) is 61.7 Å². The van der Waals surface area contributed by atoms with Crippen LogP contribution in [0.2, 0.25) is 0 Å². The minimum atomic E-state index is -1.05. The second-order valence-electron chi connectivity index (χ2n) is 9.17. The van der Waals surface area contributed by atoms with Crippen molar-refractivity contribution < 1.29 is 23.8 Å². The summed E-state index contributed by atoms with van der Waals surface area (Å²) in [5.74, 6) is 0.00297. The van der Waals surface area contributed by atoms with Crippen LogP contribution in [0, 0.1) is 0 Å². The molecular formula is C28H27N3O5. The lowest BCUT2D eigenvalue weighted by molar-refractivity contribution is -0.155. The Balaban J connectivity index is 1.60. The van der Waals surface area contributed by atoms with E-state index >= 15 is 0 Å². The molecule has 2 aliphatic heterocycles. The van der Waals surface area contributed by atoms with Crippen LogP contribution < -0.4 is 19.1 Å². The number of carbonyl (C=O) groups is 2. The molecule has 8 heteroatoms. The van der Waals surface area contributed by atoms with Gasteiger partial charge in [-0.2, -0.15) is 0 Å². The van der Waals surface area contributed by atoms with E-state index < -0.39 is 11.9 Å². The van der Waals surface area contributed by atoms with Crippen molar-refractivity contribution in [1.29, 1.82) is 0 Å². The number of rotatable bonds is 4.